The predicted octanol–water partition coefficient (Wildman–Crippen LogP) is 1.02. The highest BCUT2D eigenvalue weighted by atomic mass is 16.2. The molecule has 0 aromatic rings. The fourth-order valence-electron chi connectivity index (χ4n) is 3.37. The summed E-state index contributed by atoms with van der Waals surface area (Å²) < 4.78 is 0. The van der Waals surface area contributed by atoms with Crippen molar-refractivity contribution in [3.05, 3.63) is 0 Å². The number of hydrogen-bond donors (Lipinski definition) is 1. The van der Waals surface area contributed by atoms with Crippen LogP contribution in [0.25, 0.3) is 0 Å². The number of aliphatic imine (C=N–C) groups is 1. The van der Waals surface area contributed by atoms with Crippen LogP contribution in [-0.4, -0.2) is 35.4 Å². The molecule has 1 N–H and O–H groups in total. The zero-order chi connectivity index (χ0) is 12.6. The number of amides is 1. The van der Waals surface area contributed by atoms with E-state index >= 15 is 0 Å². The molecule has 1 saturated carbocycles. The molecule has 2 heterocycles. The van der Waals surface area contributed by atoms with Crippen molar-refractivity contribution in [1.29, 1.82) is 5.26 Å². The Hall–Kier alpha value is -1.57. The van der Waals surface area contributed by atoms with Crippen molar-refractivity contribution < 1.29 is 4.79 Å². The monoisotopic (exact) mass is 246 g/mol. The molecule has 3 rings (SSSR count). The van der Waals surface area contributed by atoms with E-state index in [9.17, 15) is 10.1 Å². The fourth-order valence-corrected chi connectivity index (χ4v) is 3.37. The summed E-state index contributed by atoms with van der Waals surface area (Å²) in [6, 6.07) is 2.16. The second-order valence-corrected chi connectivity index (χ2v) is 5.49. The molecule has 1 atom stereocenters. The molecule has 2 fully saturated rings. The third kappa shape index (κ3) is 1.67. The lowest BCUT2D eigenvalue weighted by Gasteiger charge is -2.36. The van der Waals surface area contributed by atoms with Gasteiger partial charge in [-0.3, -0.25) is 10.1 Å². The van der Waals surface area contributed by atoms with E-state index in [-0.39, 0.29) is 5.91 Å². The normalized spacial score (nSPS) is 30.2. The number of guanidine groups is 1. The summed E-state index contributed by atoms with van der Waals surface area (Å²) in [7, 11) is 0. The minimum absolute atomic E-state index is 0.156. The number of nitrogens with one attached hydrogen (secondary N) is 1. The average molecular weight is 246 g/mol. The van der Waals surface area contributed by atoms with Crippen LogP contribution in [0.3, 0.4) is 0 Å². The van der Waals surface area contributed by atoms with E-state index in [4.69, 9.17) is 4.99 Å². The van der Waals surface area contributed by atoms with Gasteiger partial charge in [-0.15, -0.1) is 0 Å². The number of hydrogen-bond acceptors (Lipinski definition) is 4. The van der Waals surface area contributed by atoms with Gasteiger partial charge in [0.05, 0.1) is 11.6 Å². The van der Waals surface area contributed by atoms with E-state index in [2.05, 4.69) is 16.3 Å². The van der Waals surface area contributed by atoms with Crippen LogP contribution in [0.4, 0.5) is 0 Å². The number of carbonyl (C=O) groups excluding carboxylic acids is 1. The smallest absolute Gasteiger partial charge is 0.246 e. The van der Waals surface area contributed by atoms with Gasteiger partial charge in [-0.25, -0.2) is 4.99 Å². The highest BCUT2D eigenvalue weighted by Crippen LogP contribution is 2.41. The Morgan fingerprint density at radius 1 is 1.28 bits per heavy atom. The highest BCUT2D eigenvalue weighted by molar-refractivity contribution is 6.02. The number of rotatable bonds is 0. The van der Waals surface area contributed by atoms with Crippen molar-refractivity contribution in [2.45, 2.75) is 44.1 Å². The van der Waals surface area contributed by atoms with Crippen LogP contribution < -0.4 is 5.32 Å². The third-order valence-electron chi connectivity index (χ3n) is 4.37. The summed E-state index contributed by atoms with van der Waals surface area (Å²) in [5.41, 5.74) is -0.436. The minimum atomic E-state index is -0.605. The molecule has 5 heteroatoms. The maximum atomic E-state index is 12.1. The summed E-state index contributed by atoms with van der Waals surface area (Å²) in [6.45, 7) is 1.93. The zero-order valence-electron chi connectivity index (χ0n) is 10.5. The second kappa shape index (κ2) is 4.27. The van der Waals surface area contributed by atoms with Gasteiger partial charge in [-0.05, 0) is 25.7 Å². The Balaban J connectivity index is 1.94. The van der Waals surface area contributed by atoms with Crippen molar-refractivity contribution in [3.8, 4) is 6.07 Å². The second-order valence-electron chi connectivity index (χ2n) is 5.49. The lowest BCUT2D eigenvalue weighted by molar-refractivity contribution is -0.124. The summed E-state index contributed by atoms with van der Waals surface area (Å²) in [5.74, 6) is -0.0476. The van der Waals surface area contributed by atoms with Crippen molar-refractivity contribution in [3.63, 3.8) is 0 Å². The average Bonchev–Trinajstić information content (AvgIpc) is 3.00. The van der Waals surface area contributed by atoms with E-state index in [1.807, 2.05) is 0 Å². The van der Waals surface area contributed by atoms with Crippen molar-refractivity contribution in [2.24, 2.45) is 10.9 Å². The van der Waals surface area contributed by atoms with Crippen molar-refractivity contribution >= 4 is 11.9 Å². The van der Waals surface area contributed by atoms with Gasteiger partial charge in [0.1, 0.15) is 0 Å². The third-order valence-corrected chi connectivity index (χ3v) is 4.37. The molecular weight excluding hydrogens is 228 g/mol. The molecular formula is C13H18N4O. The molecule has 1 aliphatic carbocycles. The van der Waals surface area contributed by atoms with Crippen molar-refractivity contribution in [2.75, 3.05) is 13.1 Å². The van der Waals surface area contributed by atoms with E-state index in [0.717, 1.165) is 51.6 Å². The Morgan fingerprint density at radius 3 is 2.56 bits per heavy atom. The van der Waals surface area contributed by atoms with Gasteiger partial charge in [0.2, 0.25) is 11.9 Å². The molecule has 1 saturated heterocycles. The molecule has 0 radical (unpaired) electrons. The predicted molar refractivity (Wildman–Crippen MR) is 66.7 cm³/mol. The van der Waals surface area contributed by atoms with E-state index in [1.54, 1.807) is 0 Å². The van der Waals surface area contributed by atoms with Crippen molar-refractivity contribution in [1.82, 2.24) is 10.2 Å². The first-order chi connectivity index (χ1) is 8.75. The van der Waals surface area contributed by atoms with E-state index < -0.39 is 11.5 Å². The van der Waals surface area contributed by atoms with Gasteiger partial charge < -0.3 is 4.90 Å². The summed E-state index contributed by atoms with van der Waals surface area (Å²) >= 11 is 0. The van der Waals surface area contributed by atoms with Gasteiger partial charge in [0.25, 0.3) is 0 Å². The first-order valence-electron chi connectivity index (χ1n) is 6.80. The molecule has 1 unspecified atom stereocenters. The lowest BCUT2D eigenvalue weighted by Crippen LogP contribution is -2.56. The largest absolute Gasteiger partial charge is 0.343 e. The van der Waals surface area contributed by atoms with Gasteiger partial charge in [-0.1, -0.05) is 12.8 Å². The summed E-state index contributed by atoms with van der Waals surface area (Å²) in [4.78, 5) is 19.0. The molecule has 1 spiro atoms. The Morgan fingerprint density at radius 2 is 1.94 bits per heavy atom. The number of likely N-dealkylation sites (tertiary alicyclic amines) is 1. The standard InChI is InChI=1S/C13H18N4O/c14-9-10-11(18)15-12(17-7-3-4-8-17)16-13(10)5-1-2-6-13/h10H,1-8H2,(H,15,16,18). The van der Waals surface area contributed by atoms with Gasteiger partial charge in [-0.2, -0.15) is 5.26 Å². The molecule has 0 aromatic carbocycles. The van der Waals surface area contributed by atoms with E-state index in [0.29, 0.717) is 5.96 Å². The topological polar surface area (TPSA) is 68.5 Å². The maximum absolute atomic E-state index is 12.1. The zero-order valence-corrected chi connectivity index (χ0v) is 10.5. The molecule has 18 heavy (non-hydrogen) atoms. The van der Waals surface area contributed by atoms with Crippen LogP contribution in [0.5, 0.6) is 0 Å². The Kier molecular flexibility index (Phi) is 2.73. The van der Waals surface area contributed by atoms with Crippen LogP contribution in [0.15, 0.2) is 4.99 Å². The summed E-state index contributed by atoms with van der Waals surface area (Å²) in [6.07, 6.45) is 6.20. The first-order valence-corrected chi connectivity index (χ1v) is 6.80. The molecule has 2 aliphatic heterocycles. The van der Waals surface area contributed by atoms with Crippen LogP contribution in [0.1, 0.15) is 38.5 Å². The highest BCUT2D eigenvalue weighted by Gasteiger charge is 2.49. The summed E-state index contributed by atoms with van der Waals surface area (Å²) in [5, 5.41) is 12.1. The van der Waals surface area contributed by atoms with Crippen LogP contribution in [0.2, 0.25) is 0 Å². The number of carbonyl (C=O) groups is 1. The van der Waals surface area contributed by atoms with Gasteiger partial charge >= 0.3 is 0 Å². The number of nitriles is 1. The van der Waals surface area contributed by atoms with Crippen LogP contribution in [0, 0.1) is 17.2 Å². The molecule has 3 aliphatic rings. The van der Waals surface area contributed by atoms with Gasteiger partial charge in [0.15, 0.2) is 5.92 Å². The minimum Gasteiger partial charge on any atom is -0.343 e. The Bertz CT molecular complexity index is 425. The Labute approximate surface area is 107 Å². The maximum Gasteiger partial charge on any atom is 0.246 e. The quantitative estimate of drug-likeness (QED) is 0.694. The SMILES string of the molecule is N#CC1C(=O)NC(N2CCCC2)=NC12CCCC2. The fraction of sp³-hybridized carbons (Fsp3) is 0.769. The molecule has 0 aromatic heterocycles. The molecule has 1 amide bonds. The lowest BCUT2D eigenvalue weighted by atomic mass is 9.82. The molecule has 0 bridgehead atoms. The first kappa shape index (κ1) is 11.5. The van der Waals surface area contributed by atoms with E-state index in [1.165, 1.54) is 0 Å². The molecule has 5 nitrogen and oxygen atoms in total. The molecule has 96 valence electrons. The van der Waals surface area contributed by atoms with Gasteiger partial charge in [0, 0.05) is 13.1 Å². The van der Waals surface area contributed by atoms with Crippen LogP contribution in [-0.2, 0) is 4.79 Å². The number of nitrogens with zero attached hydrogens (tertiary/aromatic N) is 3. The van der Waals surface area contributed by atoms with Crippen LogP contribution >= 0.6 is 0 Å².